The average Bonchev–Trinajstić information content (AvgIpc) is 3.29. The smallest absolute Gasteiger partial charge is 0.165 e. The first-order valence-electron chi connectivity index (χ1n) is 13.7. The van der Waals surface area contributed by atoms with Gasteiger partial charge in [0.2, 0.25) is 0 Å². The molecule has 1 aliphatic rings. The lowest BCUT2D eigenvalue weighted by Gasteiger charge is -2.23. The number of fused-ring (bicyclic) bond motifs is 1. The van der Waals surface area contributed by atoms with Crippen LogP contribution in [0.4, 0.5) is 11.4 Å². The van der Waals surface area contributed by atoms with Crippen molar-refractivity contribution < 1.29 is 14.6 Å². The van der Waals surface area contributed by atoms with E-state index in [4.69, 9.17) is 4.74 Å². The molecule has 0 saturated heterocycles. The first kappa shape index (κ1) is 26.5. The van der Waals surface area contributed by atoms with Crippen molar-refractivity contribution in [3.63, 3.8) is 0 Å². The fraction of sp³-hybridized carbons (Fsp3) is 0.344. The molecule has 2 unspecified atom stereocenters. The summed E-state index contributed by atoms with van der Waals surface area (Å²) < 4.78 is 7.59. The van der Waals surface area contributed by atoms with Gasteiger partial charge in [0.15, 0.2) is 5.78 Å². The summed E-state index contributed by atoms with van der Waals surface area (Å²) >= 11 is 0. The van der Waals surface area contributed by atoms with Crippen molar-refractivity contribution in [3.8, 4) is 17.6 Å². The highest BCUT2D eigenvalue weighted by atomic mass is 16.5. The third-order valence-electron chi connectivity index (χ3n) is 7.77. The maximum absolute atomic E-state index is 13.5. The summed E-state index contributed by atoms with van der Waals surface area (Å²) in [6.45, 7) is 2.16. The van der Waals surface area contributed by atoms with Crippen LogP contribution in [0.2, 0.25) is 0 Å². The number of ketones is 1. The second-order valence-corrected chi connectivity index (χ2v) is 10.5. The molecule has 2 aromatic carbocycles. The topological polar surface area (TPSA) is 99.6 Å². The highest BCUT2D eigenvalue weighted by molar-refractivity contribution is 6.01. The van der Waals surface area contributed by atoms with E-state index in [9.17, 15) is 15.2 Å². The van der Waals surface area contributed by atoms with Crippen molar-refractivity contribution in [2.75, 3.05) is 11.9 Å². The van der Waals surface area contributed by atoms with Crippen molar-refractivity contribution in [1.82, 2.24) is 9.61 Å². The zero-order chi connectivity index (χ0) is 27.2. The number of aliphatic hydroxyl groups excluding tert-OH is 1. The van der Waals surface area contributed by atoms with Crippen LogP contribution in [0.25, 0.3) is 5.52 Å². The zero-order valence-electron chi connectivity index (χ0n) is 22.3. The average molecular weight is 523 g/mol. The van der Waals surface area contributed by atoms with E-state index >= 15 is 0 Å². The number of carbonyl (C=O) groups excluding carboxylic acids is 1. The number of ether oxygens (including phenoxy) is 1. The molecule has 4 aromatic rings. The Labute approximate surface area is 229 Å². The van der Waals surface area contributed by atoms with Crippen LogP contribution in [0, 0.1) is 30.1 Å². The molecule has 1 saturated carbocycles. The Balaban J connectivity index is 1.37. The van der Waals surface area contributed by atoms with E-state index in [-0.39, 0.29) is 12.4 Å². The first-order chi connectivity index (χ1) is 19.1. The number of nitriles is 1. The Morgan fingerprint density at radius 3 is 2.46 bits per heavy atom. The van der Waals surface area contributed by atoms with E-state index in [1.54, 1.807) is 10.7 Å². The predicted molar refractivity (Wildman–Crippen MR) is 152 cm³/mol. The normalized spacial score (nSPS) is 17.7. The summed E-state index contributed by atoms with van der Waals surface area (Å²) in [6.07, 6.45) is 10.1. The van der Waals surface area contributed by atoms with Gasteiger partial charge in [-0.1, -0.05) is 37.5 Å². The molecule has 1 aliphatic carbocycles. The minimum atomic E-state index is 0.107. The largest absolute Gasteiger partial charge is 0.457 e. The molecule has 2 N–H and O–H groups in total. The number of para-hydroxylation sites is 1. The number of Topliss-reactive ketones (excluding diaryl/α,β-unsaturated/α-hetero) is 1. The van der Waals surface area contributed by atoms with Crippen molar-refractivity contribution in [2.45, 2.75) is 51.9 Å². The van der Waals surface area contributed by atoms with Gasteiger partial charge in [-0.3, -0.25) is 4.79 Å². The molecule has 2 heterocycles. The van der Waals surface area contributed by atoms with Crippen LogP contribution in [0.5, 0.6) is 11.5 Å². The van der Waals surface area contributed by atoms with Gasteiger partial charge in [-0.2, -0.15) is 10.4 Å². The molecule has 0 amide bonds. The molecule has 7 nitrogen and oxygen atoms in total. The van der Waals surface area contributed by atoms with Gasteiger partial charge in [0, 0.05) is 30.5 Å². The predicted octanol–water partition coefficient (Wildman–Crippen LogP) is 7.20. The van der Waals surface area contributed by atoms with E-state index in [2.05, 4.69) is 16.5 Å². The Morgan fingerprint density at radius 1 is 1.05 bits per heavy atom. The number of rotatable bonds is 8. The number of hydrogen-bond acceptors (Lipinski definition) is 6. The summed E-state index contributed by atoms with van der Waals surface area (Å²) in [5, 5.41) is 27.3. The fourth-order valence-corrected chi connectivity index (χ4v) is 5.54. The van der Waals surface area contributed by atoms with Crippen LogP contribution in [-0.4, -0.2) is 27.1 Å². The molecular weight excluding hydrogens is 488 g/mol. The second-order valence-electron chi connectivity index (χ2n) is 10.5. The molecule has 2 atom stereocenters. The number of nitrogens with one attached hydrogen (secondary N) is 1. The van der Waals surface area contributed by atoms with Gasteiger partial charge in [0.1, 0.15) is 17.6 Å². The number of carbonyl (C=O) groups is 1. The second kappa shape index (κ2) is 12.1. The van der Waals surface area contributed by atoms with Crippen molar-refractivity contribution in [3.05, 3.63) is 83.7 Å². The molecule has 200 valence electrons. The Morgan fingerprint density at radius 2 is 1.74 bits per heavy atom. The summed E-state index contributed by atoms with van der Waals surface area (Å²) in [4.78, 5) is 13.5. The summed E-state index contributed by atoms with van der Waals surface area (Å²) in [7, 11) is 0. The van der Waals surface area contributed by atoms with Gasteiger partial charge in [0.25, 0.3) is 0 Å². The molecule has 2 aromatic heterocycles. The summed E-state index contributed by atoms with van der Waals surface area (Å²) in [5.41, 5.74) is 4.00. The molecule has 0 radical (unpaired) electrons. The number of benzene rings is 2. The molecule has 0 aliphatic heterocycles. The standard InChI is InChI=1S/C32H34N4O3/c1-22-29(30(38)17-23-7-5-6-8-24(21-37)12-11-23)20-36-32(22)31(25(18-33)19-34-36)35-26-13-15-28(16-14-26)39-27-9-3-2-4-10-27/h2-4,9-10,13-16,19-20,23-24,35,37H,5-8,11-12,17,21H2,1H3. The monoisotopic (exact) mass is 522 g/mol. The summed E-state index contributed by atoms with van der Waals surface area (Å²) in [6, 6.07) is 19.4. The van der Waals surface area contributed by atoms with Gasteiger partial charge >= 0.3 is 0 Å². The number of aromatic nitrogens is 2. The SMILES string of the molecule is Cc1c(C(=O)CC2CCCCC(CO)CC2)cn2ncc(C#N)c(Nc3ccc(Oc4ccccc4)cc3)c12. The molecule has 1 fully saturated rings. The molecule has 0 bridgehead atoms. The first-order valence-corrected chi connectivity index (χ1v) is 13.7. The molecule has 7 heteroatoms. The van der Waals surface area contributed by atoms with Crippen LogP contribution in [-0.2, 0) is 0 Å². The fourth-order valence-electron chi connectivity index (χ4n) is 5.54. The third-order valence-corrected chi connectivity index (χ3v) is 7.77. The minimum Gasteiger partial charge on any atom is -0.457 e. The number of hydrogen-bond donors (Lipinski definition) is 2. The van der Waals surface area contributed by atoms with Gasteiger partial charge in [-0.05, 0) is 80.0 Å². The number of aliphatic hydroxyl groups is 1. The van der Waals surface area contributed by atoms with Gasteiger partial charge in [-0.15, -0.1) is 0 Å². The van der Waals surface area contributed by atoms with E-state index in [0.717, 1.165) is 61.0 Å². The van der Waals surface area contributed by atoms with Crippen molar-refractivity contribution in [2.24, 2.45) is 11.8 Å². The quantitative estimate of drug-likeness (QED) is 0.237. The van der Waals surface area contributed by atoms with Gasteiger partial charge < -0.3 is 15.2 Å². The Hall–Kier alpha value is -4.15. The van der Waals surface area contributed by atoms with Gasteiger partial charge in [-0.25, -0.2) is 4.52 Å². The zero-order valence-corrected chi connectivity index (χ0v) is 22.3. The number of anilines is 2. The molecule has 5 rings (SSSR count). The maximum atomic E-state index is 13.5. The van der Waals surface area contributed by atoms with E-state index in [0.29, 0.717) is 40.8 Å². The van der Waals surface area contributed by atoms with Crippen molar-refractivity contribution >= 4 is 22.7 Å². The highest BCUT2D eigenvalue weighted by Gasteiger charge is 2.24. The lowest BCUT2D eigenvalue weighted by molar-refractivity contribution is 0.0947. The third kappa shape index (κ3) is 6.13. The Bertz CT molecular complexity index is 1470. The van der Waals surface area contributed by atoms with E-state index < -0.39 is 0 Å². The lowest BCUT2D eigenvalue weighted by atomic mass is 9.83. The van der Waals surface area contributed by atoms with Crippen LogP contribution in [0.3, 0.4) is 0 Å². The van der Waals surface area contributed by atoms with Crippen LogP contribution in [0.15, 0.2) is 67.0 Å². The van der Waals surface area contributed by atoms with E-state index in [1.165, 1.54) is 6.20 Å². The number of nitrogens with zero attached hydrogens (tertiary/aromatic N) is 3. The number of aryl methyl sites for hydroxylation is 1. The molecule has 0 spiro atoms. The summed E-state index contributed by atoms with van der Waals surface area (Å²) in [5.74, 6) is 2.25. The maximum Gasteiger partial charge on any atom is 0.165 e. The van der Waals surface area contributed by atoms with Gasteiger partial charge in [0.05, 0.1) is 23.0 Å². The van der Waals surface area contributed by atoms with E-state index in [1.807, 2.05) is 61.5 Å². The molecule has 39 heavy (non-hydrogen) atoms. The molecular formula is C32H34N4O3. The minimum absolute atomic E-state index is 0.107. The lowest BCUT2D eigenvalue weighted by Crippen LogP contribution is -2.16. The van der Waals surface area contributed by atoms with Crippen molar-refractivity contribution in [1.29, 1.82) is 5.26 Å². The Kier molecular flexibility index (Phi) is 8.24. The van der Waals surface area contributed by atoms with Crippen LogP contribution >= 0.6 is 0 Å². The van der Waals surface area contributed by atoms with Crippen LogP contribution in [0.1, 0.15) is 66.4 Å². The highest BCUT2D eigenvalue weighted by Crippen LogP contribution is 2.34. The van der Waals surface area contributed by atoms with Crippen LogP contribution < -0.4 is 10.1 Å².